The van der Waals surface area contributed by atoms with Gasteiger partial charge in [0.05, 0.1) is 0 Å². The molecule has 18 heavy (non-hydrogen) atoms. The Labute approximate surface area is 111 Å². The fourth-order valence-corrected chi connectivity index (χ4v) is 3.32. The molecule has 2 rings (SSSR count). The summed E-state index contributed by atoms with van der Waals surface area (Å²) in [5.41, 5.74) is 6.10. The van der Waals surface area contributed by atoms with E-state index in [1.165, 1.54) is 32.1 Å². The molecule has 0 aromatic heterocycles. The quantitative estimate of drug-likeness (QED) is 0.790. The largest absolute Gasteiger partial charge is 0.340 e. The van der Waals surface area contributed by atoms with E-state index in [0.717, 1.165) is 25.8 Å². The molecule has 2 saturated carbocycles. The molecule has 3 nitrogen and oxygen atoms in total. The van der Waals surface area contributed by atoms with E-state index in [9.17, 15) is 4.79 Å². The van der Waals surface area contributed by atoms with E-state index < -0.39 is 0 Å². The van der Waals surface area contributed by atoms with Crippen LogP contribution in [-0.2, 0) is 4.79 Å². The average molecular weight is 252 g/mol. The summed E-state index contributed by atoms with van der Waals surface area (Å²) >= 11 is 0. The van der Waals surface area contributed by atoms with Crippen molar-refractivity contribution in [3.63, 3.8) is 0 Å². The number of hydrogen-bond acceptors (Lipinski definition) is 2. The second-order valence-electron chi connectivity index (χ2n) is 6.26. The van der Waals surface area contributed by atoms with Gasteiger partial charge < -0.3 is 10.6 Å². The van der Waals surface area contributed by atoms with E-state index in [2.05, 4.69) is 11.8 Å². The third-order valence-corrected chi connectivity index (χ3v) is 4.65. The molecule has 0 saturated heterocycles. The van der Waals surface area contributed by atoms with Crippen molar-refractivity contribution < 1.29 is 4.79 Å². The summed E-state index contributed by atoms with van der Waals surface area (Å²) in [7, 11) is 0. The molecular formula is C15H28N2O. The third-order valence-electron chi connectivity index (χ3n) is 4.65. The van der Waals surface area contributed by atoms with E-state index in [-0.39, 0.29) is 5.41 Å². The Balaban J connectivity index is 1.94. The maximum absolute atomic E-state index is 12.5. The van der Waals surface area contributed by atoms with Gasteiger partial charge in [-0.1, -0.05) is 26.2 Å². The van der Waals surface area contributed by atoms with Gasteiger partial charge in [0, 0.05) is 19.0 Å². The Morgan fingerprint density at radius 1 is 1.28 bits per heavy atom. The summed E-state index contributed by atoms with van der Waals surface area (Å²) in [5, 5.41) is 0. The number of carbonyl (C=O) groups is 1. The number of carbonyl (C=O) groups excluding carboxylic acids is 1. The molecule has 0 atom stereocenters. The zero-order chi connectivity index (χ0) is 13.0. The summed E-state index contributed by atoms with van der Waals surface area (Å²) in [6.45, 7) is 3.77. The van der Waals surface area contributed by atoms with Gasteiger partial charge in [0.25, 0.3) is 0 Å². The molecule has 0 aromatic carbocycles. The van der Waals surface area contributed by atoms with Gasteiger partial charge in [0.1, 0.15) is 0 Å². The zero-order valence-corrected chi connectivity index (χ0v) is 11.8. The van der Waals surface area contributed by atoms with Crippen molar-refractivity contribution in [3.05, 3.63) is 0 Å². The highest BCUT2D eigenvalue weighted by molar-refractivity contribution is 5.77. The fraction of sp³-hybridized carbons (Fsp3) is 0.933. The van der Waals surface area contributed by atoms with Crippen molar-refractivity contribution in [2.75, 3.05) is 13.1 Å². The standard InChI is InChI=1S/C15H28N2O/c1-2-10-17(13-6-7-13)14(18)11-15(12-16)8-4-3-5-9-15/h13H,2-12,16H2,1H3. The van der Waals surface area contributed by atoms with Crippen LogP contribution in [0.15, 0.2) is 0 Å². The highest BCUT2D eigenvalue weighted by Gasteiger charge is 2.38. The number of rotatable bonds is 6. The predicted molar refractivity (Wildman–Crippen MR) is 74.2 cm³/mol. The van der Waals surface area contributed by atoms with E-state index >= 15 is 0 Å². The van der Waals surface area contributed by atoms with Crippen molar-refractivity contribution in [1.82, 2.24) is 4.90 Å². The lowest BCUT2D eigenvalue weighted by atomic mass is 9.71. The van der Waals surface area contributed by atoms with Gasteiger partial charge in [0.15, 0.2) is 0 Å². The van der Waals surface area contributed by atoms with Gasteiger partial charge >= 0.3 is 0 Å². The normalized spacial score (nSPS) is 22.8. The Kier molecular flexibility index (Phi) is 4.66. The molecule has 0 bridgehead atoms. The fourth-order valence-electron chi connectivity index (χ4n) is 3.32. The lowest BCUT2D eigenvalue weighted by Crippen LogP contribution is -2.41. The summed E-state index contributed by atoms with van der Waals surface area (Å²) in [6.07, 6.45) is 10.3. The topological polar surface area (TPSA) is 46.3 Å². The zero-order valence-electron chi connectivity index (χ0n) is 11.8. The molecule has 0 heterocycles. The third kappa shape index (κ3) is 3.25. The maximum Gasteiger partial charge on any atom is 0.223 e. The van der Waals surface area contributed by atoms with Crippen LogP contribution in [0.4, 0.5) is 0 Å². The monoisotopic (exact) mass is 252 g/mol. The van der Waals surface area contributed by atoms with Crippen LogP contribution in [0.5, 0.6) is 0 Å². The van der Waals surface area contributed by atoms with E-state index in [1.54, 1.807) is 0 Å². The Morgan fingerprint density at radius 3 is 2.44 bits per heavy atom. The smallest absolute Gasteiger partial charge is 0.223 e. The number of amides is 1. The SMILES string of the molecule is CCCN(C(=O)CC1(CN)CCCCC1)C1CC1. The molecular weight excluding hydrogens is 224 g/mol. The predicted octanol–water partition coefficient (Wildman–Crippen LogP) is 2.69. The molecule has 2 N–H and O–H groups in total. The molecule has 3 heteroatoms. The van der Waals surface area contributed by atoms with Gasteiger partial charge in [-0.3, -0.25) is 4.79 Å². The molecule has 2 aliphatic rings. The molecule has 0 aromatic rings. The summed E-state index contributed by atoms with van der Waals surface area (Å²) in [5.74, 6) is 0.367. The van der Waals surface area contributed by atoms with Gasteiger partial charge in [-0.25, -0.2) is 0 Å². The van der Waals surface area contributed by atoms with Gasteiger partial charge in [-0.15, -0.1) is 0 Å². The Bertz CT molecular complexity index is 280. The summed E-state index contributed by atoms with van der Waals surface area (Å²) < 4.78 is 0. The van der Waals surface area contributed by atoms with Crippen LogP contribution in [0.1, 0.15) is 64.7 Å². The molecule has 0 spiro atoms. The first-order chi connectivity index (χ1) is 8.71. The van der Waals surface area contributed by atoms with Crippen molar-refractivity contribution in [2.24, 2.45) is 11.1 Å². The van der Waals surface area contributed by atoms with Crippen molar-refractivity contribution >= 4 is 5.91 Å². The summed E-state index contributed by atoms with van der Waals surface area (Å²) in [4.78, 5) is 14.6. The first-order valence-corrected chi connectivity index (χ1v) is 7.70. The Hall–Kier alpha value is -0.570. The van der Waals surface area contributed by atoms with Gasteiger partial charge in [0.2, 0.25) is 5.91 Å². The number of nitrogens with two attached hydrogens (primary N) is 1. The molecule has 0 radical (unpaired) electrons. The second kappa shape index (κ2) is 6.05. The minimum absolute atomic E-state index is 0.121. The van der Waals surface area contributed by atoms with Crippen LogP contribution >= 0.6 is 0 Å². The van der Waals surface area contributed by atoms with E-state index in [4.69, 9.17) is 5.73 Å². The van der Waals surface area contributed by atoms with Crippen molar-refractivity contribution in [1.29, 1.82) is 0 Å². The molecule has 2 aliphatic carbocycles. The van der Waals surface area contributed by atoms with Crippen LogP contribution in [0.2, 0.25) is 0 Å². The molecule has 104 valence electrons. The van der Waals surface area contributed by atoms with Crippen LogP contribution in [0, 0.1) is 5.41 Å². The minimum Gasteiger partial charge on any atom is -0.340 e. The van der Waals surface area contributed by atoms with Crippen LogP contribution in [-0.4, -0.2) is 29.9 Å². The van der Waals surface area contributed by atoms with Crippen LogP contribution < -0.4 is 5.73 Å². The van der Waals surface area contributed by atoms with Crippen molar-refractivity contribution in [3.8, 4) is 0 Å². The van der Waals surface area contributed by atoms with Gasteiger partial charge in [-0.05, 0) is 44.1 Å². The van der Waals surface area contributed by atoms with Crippen molar-refractivity contribution in [2.45, 2.75) is 70.8 Å². The van der Waals surface area contributed by atoms with Crippen LogP contribution in [0.25, 0.3) is 0 Å². The number of nitrogens with zero attached hydrogens (tertiary/aromatic N) is 1. The first-order valence-electron chi connectivity index (χ1n) is 7.70. The minimum atomic E-state index is 0.121. The second-order valence-corrected chi connectivity index (χ2v) is 6.26. The molecule has 0 aliphatic heterocycles. The number of hydrogen-bond donors (Lipinski definition) is 1. The highest BCUT2D eigenvalue weighted by Crippen LogP contribution is 2.39. The lowest BCUT2D eigenvalue weighted by molar-refractivity contribution is -0.134. The lowest BCUT2D eigenvalue weighted by Gasteiger charge is -2.37. The average Bonchev–Trinajstić information content (AvgIpc) is 3.21. The molecule has 1 amide bonds. The first kappa shape index (κ1) is 13.9. The maximum atomic E-state index is 12.5. The summed E-state index contributed by atoms with van der Waals surface area (Å²) in [6, 6.07) is 0.552. The molecule has 2 fully saturated rings. The molecule has 0 unspecified atom stereocenters. The van der Waals surface area contributed by atoms with E-state index in [1.807, 2.05) is 0 Å². The highest BCUT2D eigenvalue weighted by atomic mass is 16.2. The van der Waals surface area contributed by atoms with Crippen LogP contribution in [0.3, 0.4) is 0 Å². The van der Waals surface area contributed by atoms with E-state index in [0.29, 0.717) is 24.9 Å². The Morgan fingerprint density at radius 2 is 1.94 bits per heavy atom. The van der Waals surface area contributed by atoms with Gasteiger partial charge in [-0.2, -0.15) is 0 Å².